The van der Waals surface area contributed by atoms with Crippen LogP contribution in [-0.2, 0) is 14.8 Å². The Kier molecular flexibility index (Phi) is 9.13. The van der Waals surface area contributed by atoms with Crippen molar-refractivity contribution in [1.29, 1.82) is 0 Å². The molecule has 0 heterocycles. The van der Waals surface area contributed by atoms with Crippen LogP contribution in [0.1, 0.15) is 30.6 Å². The number of carbonyl (C=O) groups is 2. The van der Waals surface area contributed by atoms with E-state index in [1.165, 1.54) is 32.4 Å². The first kappa shape index (κ1) is 27.5. The number of nitrogens with one attached hydrogen (secondary N) is 2. The van der Waals surface area contributed by atoms with Crippen LogP contribution < -0.4 is 24.4 Å². The molecule has 0 radical (unpaired) electrons. The number of anilines is 2. The highest BCUT2D eigenvalue weighted by Crippen LogP contribution is 2.32. The minimum Gasteiger partial charge on any atom is -0.493 e. The molecule has 0 aromatic heterocycles. The fourth-order valence-corrected chi connectivity index (χ4v) is 4.96. The number of sulfonamides is 1. The Bertz CT molecular complexity index is 1350. The van der Waals surface area contributed by atoms with E-state index in [0.717, 1.165) is 10.7 Å². The number of amides is 2. The highest BCUT2D eigenvalue weighted by molar-refractivity contribution is 7.92. The summed E-state index contributed by atoms with van der Waals surface area (Å²) < 4.78 is 38.9. The van der Waals surface area contributed by atoms with Crippen LogP contribution in [0, 0.1) is 0 Å². The number of carbonyl (C=O) groups excluding carboxylic acids is 2. The average molecular weight is 526 g/mol. The number of hydrogen-bond donors (Lipinski definition) is 2. The SMILES string of the molecule is CC[C@H](C)NC(=O)c1ccccc1NC(=O)CN(c1ccccc1)S(=O)(=O)c1ccc(OC)c(OC)c1. The summed E-state index contributed by atoms with van der Waals surface area (Å²) in [4.78, 5) is 25.8. The maximum absolute atomic E-state index is 13.7. The van der Waals surface area contributed by atoms with Crippen molar-refractivity contribution in [3.05, 3.63) is 78.4 Å². The Morgan fingerprint density at radius 1 is 0.919 bits per heavy atom. The second-order valence-corrected chi connectivity index (χ2v) is 10.1. The first-order valence-electron chi connectivity index (χ1n) is 11.7. The van der Waals surface area contributed by atoms with Gasteiger partial charge < -0.3 is 20.1 Å². The first-order chi connectivity index (χ1) is 17.7. The second kappa shape index (κ2) is 12.3. The van der Waals surface area contributed by atoms with E-state index in [1.807, 2.05) is 13.8 Å². The highest BCUT2D eigenvalue weighted by atomic mass is 32.2. The summed E-state index contributed by atoms with van der Waals surface area (Å²) in [6, 6.07) is 19.0. The molecule has 3 aromatic carbocycles. The molecular weight excluding hydrogens is 494 g/mol. The van der Waals surface area contributed by atoms with Crippen LogP contribution in [0.5, 0.6) is 11.5 Å². The Balaban J connectivity index is 1.93. The molecule has 0 aliphatic carbocycles. The third kappa shape index (κ3) is 6.59. The van der Waals surface area contributed by atoms with Gasteiger partial charge in [-0.25, -0.2) is 8.42 Å². The van der Waals surface area contributed by atoms with E-state index < -0.39 is 22.5 Å². The lowest BCUT2D eigenvalue weighted by molar-refractivity contribution is -0.114. The van der Waals surface area contributed by atoms with Crippen LogP contribution in [0.15, 0.2) is 77.7 Å². The van der Waals surface area contributed by atoms with Crippen LogP contribution in [-0.4, -0.2) is 47.0 Å². The zero-order chi connectivity index (χ0) is 27.0. The smallest absolute Gasteiger partial charge is 0.264 e. The molecule has 9 nitrogen and oxygen atoms in total. The molecule has 0 fully saturated rings. The van der Waals surface area contributed by atoms with Crippen molar-refractivity contribution in [3.8, 4) is 11.5 Å². The van der Waals surface area contributed by atoms with Crippen molar-refractivity contribution in [2.45, 2.75) is 31.2 Å². The standard InChI is InChI=1S/C27H31N3O6S/c1-5-19(2)28-27(32)22-13-9-10-14-23(22)29-26(31)18-30(20-11-7-6-8-12-20)37(33,34)21-15-16-24(35-3)25(17-21)36-4/h6-17,19H,5,18H2,1-4H3,(H,28,32)(H,29,31)/t19-/m0/s1. The van der Waals surface area contributed by atoms with Crippen molar-refractivity contribution in [3.63, 3.8) is 0 Å². The number of benzene rings is 3. The summed E-state index contributed by atoms with van der Waals surface area (Å²) in [5, 5.41) is 5.57. The van der Waals surface area contributed by atoms with E-state index in [-0.39, 0.29) is 33.8 Å². The Hall–Kier alpha value is -4.05. The fourth-order valence-electron chi connectivity index (χ4n) is 3.53. The topological polar surface area (TPSA) is 114 Å². The molecular formula is C27H31N3O6S. The predicted molar refractivity (Wildman–Crippen MR) is 143 cm³/mol. The average Bonchev–Trinajstić information content (AvgIpc) is 2.91. The summed E-state index contributed by atoms with van der Waals surface area (Å²) in [7, 11) is -1.33. The van der Waals surface area contributed by atoms with Gasteiger partial charge in [0.2, 0.25) is 5.91 Å². The lowest BCUT2D eigenvalue weighted by Crippen LogP contribution is -2.38. The number of nitrogens with zero attached hydrogens (tertiary/aromatic N) is 1. The number of hydrogen-bond acceptors (Lipinski definition) is 6. The fraction of sp³-hybridized carbons (Fsp3) is 0.259. The van der Waals surface area contributed by atoms with Crippen LogP contribution in [0.4, 0.5) is 11.4 Å². The van der Waals surface area contributed by atoms with Crippen molar-refractivity contribution in [2.24, 2.45) is 0 Å². The van der Waals surface area contributed by atoms with Gasteiger partial charge in [0.05, 0.1) is 36.1 Å². The molecule has 0 aliphatic rings. The van der Waals surface area contributed by atoms with E-state index in [0.29, 0.717) is 11.4 Å². The molecule has 196 valence electrons. The third-order valence-corrected chi connectivity index (χ3v) is 7.48. The van der Waals surface area contributed by atoms with Gasteiger partial charge in [-0.05, 0) is 49.7 Å². The largest absolute Gasteiger partial charge is 0.493 e. The van der Waals surface area contributed by atoms with Gasteiger partial charge >= 0.3 is 0 Å². The molecule has 3 aromatic rings. The molecule has 2 amide bonds. The Morgan fingerprint density at radius 2 is 1.57 bits per heavy atom. The molecule has 0 saturated carbocycles. The minimum atomic E-state index is -4.19. The van der Waals surface area contributed by atoms with Crippen LogP contribution in [0.25, 0.3) is 0 Å². The van der Waals surface area contributed by atoms with E-state index in [9.17, 15) is 18.0 Å². The molecule has 2 N–H and O–H groups in total. The van der Waals surface area contributed by atoms with Gasteiger partial charge in [0, 0.05) is 12.1 Å². The molecule has 1 atom stereocenters. The molecule has 0 spiro atoms. The van der Waals surface area contributed by atoms with Crippen molar-refractivity contribution < 1.29 is 27.5 Å². The van der Waals surface area contributed by atoms with Crippen LogP contribution >= 0.6 is 0 Å². The lowest BCUT2D eigenvalue weighted by Gasteiger charge is -2.24. The van der Waals surface area contributed by atoms with Crippen molar-refractivity contribution in [1.82, 2.24) is 5.32 Å². The summed E-state index contributed by atoms with van der Waals surface area (Å²) in [6.07, 6.45) is 0.750. The zero-order valence-corrected chi connectivity index (χ0v) is 22.0. The van der Waals surface area contributed by atoms with Gasteiger partial charge in [-0.1, -0.05) is 37.3 Å². The summed E-state index contributed by atoms with van der Waals surface area (Å²) in [5.74, 6) is -0.333. The molecule has 10 heteroatoms. The summed E-state index contributed by atoms with van der Waals surface area (Å²) >= 11 is 0. The van der Waals surface area contributed by atoms with E-state index >= 15 is 0 Å². The highest BCUT2D eigenvalue weighted by Gasteiger charge is 2.28. The lowest BCUT2D eigenvalue weighted by atomic mass is 10.1. The second-order valence-electron chi connectivity index (χ2n) is 8.24. The normalized spacial score (nSPS) is 11.8. The molecule has 0 unspecified atom stereocenters. The van der Waals surface area contributed by atoms with Crippen LogP contribution in [0.3, 0.4) is 0 Å². The first-order valence-corrected chi connectivity index (χ1v) is 13.1. The summed E-state index contributed by atoms with van der Waals surface area (Å²) in [5.41, 5.74) is 0.866. The molecule has 0 saturated heterocycles. The number of methoxy groups -OCH3 is 2. The number of para-hydroxylation sites is 2. The van der Waals surface area contributed by atoms with Crippen LogP contribution in [0.2, 0.25) is 0 Å². The van der Waals surface area contributed by atoms with Gasteiger partial charge in [-0.2, -0.15) is 0 Å². The molecule has 0 aliphatic heterocycles. The number of rotatable bonds is 11. The monoisotopic (exact) mass is 525 g/mol. The molecule has 3 rings (SSSR count). The molecule has 37 heavy (non-hydrogen) atoms. The third-order valence-electron chi connectivity index (χ3n) is 5.71. The molecule has 0 bridgehead atoms. The van der Waals surface area contributed by atoms with E-state index in [4.69, 9.17) is 9.47 Å². The van der Waals surface area contributed by atoms with Gasteiger partial charge in [0.15, 0.2) is 11.5 Å². The zero-order valence-electron chi connectivity index (χ0n) is 21.2. The van der Waals surface area contributed by atoms with E-state index in [1.54, 1.807) is 54.6 Å². The van der Waals surface area contributed by atoms with Gasteiger partial charge in [-0.3, -0.25) is 13.9 Å². The maximum atomic E-state index is 13.7. The van der Waals surface area contributed by atoms with Gasteiger partial charge in [0.25, 0.3) is 15.9 Å². The summed E-state index contributed by atoms with van der Waals surface area (Å²) in [6.45, 7) is 3.31. The van der Waals surface area contributed by atoms with E-state index in [2.05, 4.69) is 10.6 Å². The number of ether oxygens (including phenoxy) is 2. The minimum absolute atomic E-state index is 0.0449. The maximum Gasteiger partial charge on any atom is 0.264 e. The Morgan fingerprint density at radius 3 is 2.22 bits per heavy atom. The van der Waals surface area contributed by atoms with Gasteiger partial charge in [-0.15, -0.1) is 0 Å². The van der Waals surface area contributed by atoms with Gasteiger partial charge in [0.1, 0.15) is 6.54 Å². The van der Waals surface area contributed by atoms with Crippen molar-refractivity contribution >= 4 is 33.2 Å². The predicted octanol–water partition coefficient (Wildman–Crippen LogP) is 4.07. The van der Waals surface area contributed by atoms with Crippen molar-refractivity contribution in [2.75, 3.05) is 30.4 Å². The Labute approximate surface area is 217 Å². The quantitative estimate of drug-likeness (QED) is 0.390.